The third-order valence-corrected chi connectivity index (χ3v) is 3.82. The van der Waals surface area contributed by atoms with Gasteiger partial charge < -0.3 is 20.2 Å². The molecule has 0 saturated carbocycles. The van der Waals surface area contributed by atoms with Gasteiger partial charge in [-0.15, -0.1) is 0 Å². The van der Waals surface area contributed by atoms with E-state index in [1.54, 1.807) is 12.3 Å². The largest absolute Gasteiger partial charge is 0.469 e. The molecule has 0 fully saturated rings. The molecule has 0 radical (unpaired) electrons. The molecule has 2 heterocycles. The second kappa shape index (κ2) is 8.77. The van der Waals surface area contributed by atoms with Crippen molar-refractivity contribution in [3.8, 4) is 0 Å². The first kappa shape index (κ1) is 17.6. The number of hydrogen-bond donors (Lipinski definition) is 3. The van der Waals surface area contributed by atoms with Gasteiger partial charge in [-0.2, -0.15) is 0 Å². The zero-order chi connectivity index (χ0) is 18.2. The molecule has 134 valence electrons. The van der Waals surface area contributed by atoms with Gasteiger partial charge in [-0.05, 0) is 24.3 Å². The van der Waals surface area contributed by atoms with Crippen LogP contribution in [0.15, 0.2) is 65.5 Å². The van der Waals surface area contributed by atoms with Crippen LogP contribution in [0.25, 0.3) is 0 Å². The van der Waals surface area contributed by atoms with Crippen LogP contribution in [0.4, 0.5) is 11.6 Å². The zero-order valence-corrected chi connectivity index (χ0v) is 14.1. The Kier molecular flexibility index (Phi) is 5.95. The van der Waals surface area contributed by atoms with Gasteiger partial charge in [-0.3, -0.25) is 4.79 Å². The summed E-state index contributed by atoms with van der Waals surface area (Å²) in [6, 6.07) is 13.2. The van der Waals surface area contributed by atoms with Crippen LogP contribution < -0.4 is 10.6 Å². The molecule has 1 amide bonds. The number of nitrogens with one attached hydrogen (secondary N) is 2. The van der Waals surface area contributed by atoms with E-state index in [0.717, 1.165) is 11.4 Å². The van der Waals surface area contributed by atoms with Gasteiger partial charge in [0.1, 0.15) is 5.76 Å². The standard InChI is InChI=1S/C19H20N4O3/c24-13-14(9-17-7-4-8-26-17)10-20-18(25)15-11-21-19(22-12-15)23-16-5-2-1-3-6-16/h1-8,11-12,14,24H,9-10,13H2,(H,20,25)(H,21,22,23)/t14-/m1/s1. The van der Waals surface area contributed by atoms with Crippen LogP contribution in [0.5, 0.6) is 0 Å². The number of amides is 1. The van der Waals surface area contributed by atoms with E-state index < -0.39 is 0 Å². The van der Waals surface area contributed by atoms with Crippen molar-refractivity contribution in [3.63, 3.8) is 0 Å². The number of aliphatic hydroxyl groups is 1. The maximum Gasteiger partial charge on any atom is 0.254 e. The van der Waals surface area contributed by atoms with Crippen molar-refractivity contribution in [1.29, 1.82) is 0 Å². The Balaban J connectivity index is 1.52. The van der Waals surface area contributed by atoms with Gasteiger partial charge in [-0.1, -0.05) is 18.2 Å². The number of aromatic nitrogens is 2. The van der Waals surface area contributed by atoms with E-state index in [1.807, 2.05) is 36.4 Å². The number of aliphatic hydroxyl groups excluding tert-OH is 1. The molecule has 0 aliphatic rings. The fourth-order valence-corrected chi connectivity index (χ4v) is 2.41. The average molecular weight is 352 g/mol. The van der Waals surface area contributed by atoms with E-state index in [2.05, 4.69) is 20.6 Å². The Morgan fingerprint density at radius 3 is 2.54 bits per heavy atom. The van der Waals surface area contributed by atoms with E-state index in [0.29, 0.717) is 24.5 Å². The molecule has 3 N–H and O–H groups in total. The SMILES string of the molecule is O=C(NC[C@H](CO)Cc1ccco1)c1cnc(Nc2ccccc2)nc1. The minimum absolute atomic E-state index is 0.0442. The third-order valence-electron chi connectivity index (χ3n) is 3.82. The summed E-state index contributed by atoms with van der Waals surface area (Å²) >= 11 is 0. The number of benzene rings is 1. The predicted octanol–water partition coefficient (Wildman–Crippen LogP) is 2.39. The first-order chi connectivity index (χ1) is 12.7. The number of carbonyl (C=O) groups is 1. The molecule has 0 aliphatic carbocycles. The molecule has 1 atom stereocenters. The monoisotopic (exact) mass is 352 g/mol. The smallest absolute Gasteiger partial charge is 0.254 e. The molecule has 0 spiro atoms. The van der Waals surface area contributed by atoms with Crippen molar-refractivity contribution >= 4 is 17.5 Å². The van der Waals surface area contributed by atoms with Crippen molar-refractivity contribution in [2.24, 2.45) is 5.92 Å². The van der Waals surface area contributed by atoms with Crippen molar-refractivity contribution in [2.75, 3.05) is 18.5 Å². The molecule has 3 aromatic rings. The molecule has 7 nitrogen and oxygen atoms in total. The summed E-state index contributed by atoms with van der Waals surface area (Å²) in [5.74, 6) is 0.788. The second-order valence-corrected chi connectivity index (χ2v) is 5.83. The molecule has 0 unspecified atom stereocenters. The summed E-state index contributed by atoms with van der Waals surface area (Å²) in [5.41, 5.74) is 1.23. The van der Waals surface area contributed by atoms with E-state index in [9.17, 15) is 9.90 Å². The van der Waals surface area contributed by atoms with Crippen molar-refractivity contribution < 1.29 is 14.3 Å². The number of furan rings is 1. The minimum atomic E-state index is -0.283. The fraction of sp³-hybridized carbons (Fsp3) is 0.211. The summed E-state index contributed by atoms with van der Waals surface area (Å²) in [5, 5.41) is 15.3. The third kappa shape index (κ3) is 4.90. The van der Waals surface area contributed by atoms with E-state index in [1.165, 1.54) is 12.4 Å². The molecular weight excluding hydrogens is 332 g/mol. The molecule has 0 aliphatic heterocycles. The van der Waals surface area contributed by atoms with Crippen LogP contribution >= 0.6 is 0 Å². The Hall–Kier alpha value is -3.19. The number of para-hydroxylation sites is 1. The number of hydrogen-bond acceptors (Lipinski definition) is 6. The highest BCUT2D eigenvalue weighted by atomic mass is 16.3. The highest BCUT2D eigenvalue weighted by Crippen LogP contribution is 2.12. The summed E-state index contributed by atoms with van der Waals surface area (Å²) in [4.78, 5) is 20.5. The van der Waals surface area contributed by atoms with Crippen LogP contribution in [0.3, 0.4) is 0 Å². The van der Waals surface area contributed by atoms with Crippen LogP contribution in [0.2, 0.25) is 0 Å². The van der Waals surface area contributed by atoms with E-state index >= 15 is 0 Å². The summed E-state index contributed by atoms with van der Waals surface area (Å²) in [7, 11) is 0. The summed E-state index contributed by atoms with van der Waals surface area (Å²) in [6.45, 7) is 0.289. The van der Waals surface area contributed by atoms with Crippen LogP contribution in [-0.4, -0.2) is 34.1 Å². The lowest BCUT2D eigenvalue weighted by Gasteiger charge is -2.13. The zero-order valence-electron chi connectivity index (χ0n) is 14.1. The molecule has 7 heteroatoms. The maximum atomic E-state index is 12.2. The number of nitrogens with zero attached hydrogens (tertiary/aromatic N) is 2. The lowest BCUT2D eigenvalue weighted by molar-refractivity contribution is 0.0938. The number of rotatable bonds is 8. The molecule has 0 saturated heterocycles. The first-order valence-electron chi connectivity index (χ1n) is 8.30. The Morgan fingerprint density at radius 2 is 1.88 bits per heavy atom. The number of carbonyl (C=O) groups excluding carboxylic acids is 1. The first-order valence-corrected chi connectivity index (χ1v) is 8.30. The Bertz CT molecular complexity index is 805. The molecule has 0 bridgehead atoms. The summed E-state index contributed by atoms with van der Waals surface area (Å²) in [6.07, 6.45) is 5.08. The van der Waals surface area contributed by atoms with Gasteiger partial charge >= 0.3 is 0 Å². The lowest BCUT2D eigenvalue weighted by atomic mass is 10.1. The average Bonchev–Trinajstić information content (AvgIpc) is 3.19. The van der Waals surface area contributed by atoms with Crippen LogP contribution in [0.1, 0.15) is 16.1 Å². The molecule has 2 aromatic heterocycles. The summed E-state index contributed by atoms with van der Waals surface area (Å²) < 4.78 is 5.27. The topological polar surface area (TPSA) is 100 Å². The molecule has 1 aromatic carbocycles. The highest BCUT2D eigenvalue weighted by Gasteiger charge is 2.13. The lowest BCUT2D eigenvalue weighted by Crippen LogP contribution is -2.32. The van der Waals surface area contributed by atoms with E-state index in [-0.39, 0.29) is 18.4 Å². The molecule has 26 heavy (non-hydrogen) atoms. The Morgan fingerprint density at radius 1 is 1.12 bits per heavy atom. The van der Waals surface area contributed by atoms with Gasteiger partial charge in [0.2, 0.25) is 5.95 Å². The van der Waals surface area contributed by atoms with Gasteiger partial charge in [0.25, 0.3) is 5.91 Å². The molecular formula is C19H20N4O3. The van der Waals surface area contributed by atoms with Crippen LogP contribution in [-0.2, 0) is 6.42 Å². The van der Waals surface area contributed by atoms with Gasteiger partial charge in [0.05, 0.1) is 11.8 Å². The molecule has 3 rings (SSSR count). The van der Waals surface area contributed by atoms with Crippen LogP contribution in [0, 0.1) is 5.92 Å². The van der Waals surface area contributed by atoms with E-state index in [4.69, 9.17) is 4.42 Å². The van der Waals surface area contributed by atoms with Crippen molar-refractivity contribution in [1.82, 2.24) is 15.3 Å². The van der Waals surface area contributed by atoms with Gasteiger partial charge in [0.15, 0.2) is 0 Å². The Labute approximate surface area is 151 Å². The second-order valence-electron chi connectivity index (χ2n) is 5.83. The van der Waals surface area contributed by atoms with Crippen molar-refractivity contribution in [2.45, 2.75) is 6.42 Å². The fourth-order valence-electron chi connectivity index (χ4n) is 2.41. The normalized spacial score (nSPS) is 11.7. The van der Waals surface area contributed by atoms with Crippen molar-refractivity contribution in [3.05, 3.63) is 72.4 Å². The van der Waals surface area contributed by atoms with Gasteiger partial charge in [0, 0.05) is 43.6 Å². The predicted molar refractivity (Wildman–Crippen MR) is 97.1 cm³/mol. The number of anilines is 2. The van der Waals surface area contributed by atoms with Gasteiger partial charge in [-0.25, -0.2) is 9.97 Å². The maximum absolute atomic E-state index is 12.2. The minimum Gasteiger partial charge on any atom is -0.469 e. The highest BCUT2D eigenvalue weighted by molar-refractivity contribution is 5.93. The quantitative estimate of drug-likeness (QED) is 0.576.